The minimum absolute atomic E-state index is 0.0794. The Kier molecular flexibility index (Phi) is 10.4. The fourth-order valence-corrected chi connectivity index (χ4v) is 5.91. The van der Waals surface area contributed by atoms with Gasteiger partial charge >= 0.3 is 5.97 Å². The molecule has 236 valence electrons. The largest absolute Gasteiger partial charge is 0.491 e. The first-order chi connectivity index (χ1) is 22.1. The Labute approximate surface area is 285 Å². The molecule has 0 bridgehead atoms. The maximum atomic E-state index is 13.0. The molecule has 1 aliphatic heterocycles. The third kappa shape index (κ3) is 7.09. The van der Waals surface area contributed by atoms with Crippen LogP contribution in [-0.2, 0) is 6.61 Å². The molecule has 1 atom stereocenters. The highest BCUT2D eigenvalue weighted by molar-refractivity contribution is 6.37. The Hall–Kier alpha value is -4.26. The van der Waals surface area contributed by atoms with Crippen LogP contribution in [0.5, 0.6) is 28.7 Å². The molecule has 0 amide bonds. The Morgan fingerprint density at radius 3 is 2.28 bits per heavy atom. The quantitative estimate of drug-likeness (QED) is 0.129. The van der Waals surface area contributed by atoms with Crippen molar-refractivity contribution in [3.63, 3.8) is 0 Å². The summed E-state index contributed by atoms with van der Waals surface area (Å²) in [6.07, 6.45) is 0. The lowest BCUT2D eigenvalue weighted by Crippen LogP contribution is -2.21. The van der Waals surface area contributed by atoms with Gasteiger partial charge in [0.15, 0.2) is 17.2 Å². The zero-order valence-electron chi connectivity index (χ0n) is 24.5. The molecule has 1 heterocycles. The predicted molar refractivity (Wildman–Crippen MR) is 177 cm³/mol. The van der Waals surface area contributed by atoms with Crippen molar-refractivity contribution in [3.8, 4) is 34.8 Å². The van der Waals surface area contributed by atoms with E-state index in [0.29, 0.717) is 51.6 Å². The van der Waals surface area contributed by atoms with E-state index in [1.807, 2.05) is 13.0 Å². The number of nitrogens with two attached hydrogens (primary N) is 1. The molecule has 8 nitrogen and oxygen atoms in total. The van der Waals surface area contributed by atoms with Crippen molar-refractivity contribution in [2.45, 2.75) is 26.4 Å². The van der Waals surface area contributed by atoms with E-state index < -0.39 is 11.9 Å². The van der Waals surface area contributed by atoms with Gasteiger partial charge in [-0.25, -0.2) is 4.79 Å². The zero-order chi connectivity index (χ0) is 33.0. The maximum absolute atomic E-state index is 13.0. The molecule has 0 spiro atoms. The highest BCUT2D eigenvalue weighted by Crippen LogP contribution is 2.45. The lowest BCUT2D eigenvalue weighted by molar-refractivity contribution is 0.0734. The maximum Gasteiger partial charge on any atom is 0.343 e. The van der Waals surface area contributed by atoms with E-state index in [9.17, 15) is 10.1 Å². The number of hydrogen-bond acceptors (Lipinski definition) is 8. The van der Waals surface area contributed by atoms with Gasteiger partial charge in [-0.2, -0.15) is 5.26 Å². The van der Waals surface area contributed by atoms with Gasteiger partial charge in [-0.05, 0) is 61.9 Å². The van der Waals surface area contributed by atoms with Gasteiger partial charge in [0.25, 0.3) is 0 Å². The summed E-state index contributed by atoms with van der Waals surface area (Å²) in [5.74, 6) is 0.330. The van der Waals surface area contributed by atoms with Crippen LogP contribution in [0.4, 0.5) is 0 Å². The van der Waals surface area contributed by atoms with Gasteiger partial charge in [-0.1, -0.05) is 64.6 Å². The summed E-state index contributed by atoms with van der Waals surface area (Å²) in [5.41, 5.74) is 8.64. The van der Waals surface area contributed by atoms with Crippen LogP contribution in [-0.4, -0.2) is 19.2 Å². The Morgan fingerprint density at radius 2 is 1.61 bits per heavy atom. The number of benzene rings is 4. The van der Waals surface area contributed by atoms with Crippen LogP contribution >= 0.6 is 46.4 Å². The van der Waals surface area contributed by atoms with Crippen molar-refractivity contribution in [2.24, 2.45) is 5.73 Å². The van der Waals surface area contributed by atoms with E-state index in [2.05, 4.69) is 6.07 Å². The summed E-state index contributed by atoms with van der Waals surface area (Å²) >= 11 is 24.9. The monoisotopic (exact) mass is 698 g/mol. The fourth-order valence-electron chi connectivity index (χ4n) is 4.85. The molecular weight excluding hydrogens is 674 g/mol. The molecule has 4 aromatic rings. The summed E-state index contributed by atoms with van der Waals surface area (Å²) in [4.78, 5) is 13.0. The Balaban J connectivity index is 1.43. The standard InChI is InChI=1S/C34H26Cl4N2O6/c1-3-42-30-13-18(6-10-28(30)44-17-19-5-7-21(35)14-25(19)36)31-23-9-8-22(15-29(23)46-33(40)24(31)16-39)45-34(41)20-11-26(37)32(43-4-2)27(38)12-20/h5-15,31H,3-4,17,40H2,1-2H3. The molecule has 1 aliphatic rings. The summed E-state index contributed by atoms with van der Waals surface area (Å²) in [7, 11) is 0. The van der Waals surface area contributed by atoms with Crippen molar-refractivity contribution in [1.29, 1.82) is 5.26 Å². The average Bonchev–Trinajstić information content (AvgIpc) is 3.02. The van der Waals surface area contributed by atoms with Crippen molar-refractivity contribution in [3.05, 3.63) is 121 Å². The molecule has 0 fully saturated rings. The number of carbonyl (C=O) groups is 1. The van der Waals surface area contributed by atoms with Crippen LogP contribution in [0, 0.1) is 11.3 Å². The number of nitriles is 1. The number of fused-ring (bicyclic) bond motifs is 1. The minimum Gasteiger partial charge on any atom is -0.491 e. The molecule has 5 rings (SSSR count). The van der Waals surface area contributed by atoms with Gasteiger partial charge in [0.05, 0.1) is 34.7 Å². The molecular formula is C34H26Cl4N2O6. The number of hydrogen-bond donors (Lipinski definition) is 1. The number of ether oxygens (including phenoxy) is 5. The normalized spacial score (nSPS) is 13.7. The highest BCUT2D eigenvalue weighted by atomic mass is 35.5. The second-order valence-corrected chi connectivity index (χ2v) is 11.5. The number of halogens is 4. The molecule has 0 radical (unpaired) electrons. The van der Waals surface area contributed by atoms with Crippen LogP contribution < -0.4 is 29.4 Å². The van der Waals surface area contributed by atoms with Crippen LogP contribution in [0.15, 0.2) is 78.2 Å². The van der Waals surface area contributed by atoms with E-state index in [4.69, 9.17) is 75.8 Å². The van der Waals surface area contributed by atoms with Crippen molar-refractivity contribution < 1.29 is 28.5 Å². The van der Waals surface area contributed by atoms with Gasteiger partial charge in [-0.3, -0.25) is 0 Å². The molecule has 4 aromatic carbocycles. The van der Waals surface area contributed by atoms with Gasteiger partial charge in [-0.15, -0.1) is 0 Å². The lowest BCUT2D eigenvalue weighted by Gasteiger charge is -2.27. The second kappa shape index (κ2) is 14.4. The van der Waals surface area contributed by atoms with Gasteiger partial charge in [0.2, 0.25) is 5.88 Å². The summed E-state index contributed by atoms with van der Waals surface area (Å²) in [6.45, 7) is 4.56. The SMILES string of the molecule is CCOc1cc(C2C(C#N)=C(N)Oc3cc(OC(=O)c4cc(Cl)c(OCC)c(Cl)c4)ccc32)ccc1OCc1ccc(Cl)cc1Cl. The second-order valence-electron chi connectivity index (χ2n) is 9.88. The summed E-state index contributed by atoms with van der Waals surface area (Å²) < 4.78 is 28.8. The van der Waals surface area contributed by atoms with Gasteiger partial charge in [0.1, 0.15) is 29.7 Å². The van der Waals surface area contributed by atoms with Crippen molar-refractivity contribution in [2.75, 3.05) is 13.2 Å². The third-order valence-electron chi connectivity index (χ3n) is 6.92. The van der Waals surface area contributed by atoms with E-state index >= 15 is 0 Å². The summed E-state index contributed by atoms with van der Waals surface area (Å²) in [5, 5.41) is 11.4. The van der Waals surface area contributed by atoms with Crippen LogP contribution in [0.25, 0.3) is 0 Å². The molecule has 46 heavy (non-hydrogen) atoms. The van der Waals surface area contributed by atoms with Crippen LogP contribution in [0.3, 0.4) is 0 Å². The van der Waals surface area contributed by atoms with Gasteiger partial charge < -0.3 is 29.4 Å². The third-order valence-corrected chi connectivity index (χ3v) is 8.07. The van der Waals surface area contributed by atoms with E-state index in [1.54, 1.807) is 49.4 Å². The predicted octanol–water partition coefficient (Wildman–Crippen LogP) is 9.11. The van der Waals surface area contributed by atoms with E-state index in [-0.39, 0.29) is 45.2 Å². The molecule has 0 aliphatic carbocycles. The molecule has 12 heteroatoms. The summed E-state index contributed by atoms with van der Waals surface area (Å²) in [6, 6.07) is 20.4. The number of rotatable bonds is 10. The zero-order valence-corrected chi connectivity index (χ0v) is 27.6. The van der Waals surface area contributed by atoms with E-state index in [1.165, 1.54) is 18.2 Å². The molecule has 0 saturated carbocycles. The molecule has 0 aromatic heterocycles. The first-order valence-electron chi connectivity index (χ1n) is 14.0. The molecule has 1 unspecified atom stereocenters. The smallest absolute Gasteiger partial charge is 0.343 e. The average molecular weight is 700 g/mol. The van der Waals surface area contributed by atoms with E-state index in [0.717, 1.165) is 5.56 Å². The number of allylic oxidation sites excluding steroid dienone is 1. The minimum atomic E-state index is -0.697. The van der Waals surface area contributed by atoms with Crippen LogP contribution in [0.2, 0.25) is 20.1 Å². The lowest BCUT2D eigenvalue weighted by atomic mass is 9.83. The number of carbonyl (C=O) groups excluding carboxylic acids is 1. The topological polar surface area (TPSA) is 113 Å². The van der Waals surface area contributed by atoms with Crippen LogP contribution in [0.1, 0.15) is 46.8 Å². The first-order valence-corrected chi connectivity index (χ1v) is 15.5. The number of nitrogens with zero attached hydrogens (tertiary/aromatic N) is 1. The highest BCUT2D eigenvalue weighted by Gasteiger charge is 2.32. The Bertz CT molecular complexity index is 1870. The first kappa shape index (κ1) is 33.1. The number of esters is 1. The van der Waals surface area contributed by atoms with Gasteiger partial charge in [0, 0.05) is 27.2 Å². The van der Waals surface area contributed by atoms with Crippen molar-refractivity contribution in [1.82, 2.24) is 0 Å². The molecule has 2 N–H and O–H groups in total. The fraction of sp³-hybridized carbons (Fsp3) is 0.176. The molecule has 0 saturated heterocycles. The Morgan fingerprint density at radius 1 is 0.870 bits per heavy atom. The van der Waals surface area contributed by atoms with Crippen molar-refractivity contribution >= 4 is 52.4 Å².